The molecule has 15 heavy (non-hydrogen) atoms. The Labute approximate surface area is 88.0 Å². The summed E-state index contributed by atoms with van der Waals surface area (Å²) < 4.78 is 0. The van der Waals surface area contributed by atoms with Gasteiger partial charge < -0.3 is 15.3 Å². The zero-order valence-corrected chi connectivity index (χ0v) is 8.38. The van der Waals surface area contributed by atoms with E-state index in [2.05, 4.69) is 0 Å². The second kappa shape index (κ2) is 4.78. The lowest BCUT2D eigenvalue weighted by Crippen LogP contribution is -2.17. The van der Waals surface area contributed by atoms with E-state index in [4.69, 9.17) is 5.26 Å². The molecule has 0 bridgehead atoms. The molecule has 0 fully saturated rings. The number of aliphatic hydroxyl groups is 2. The van der Waals surface area contributed by atoms with Gasteiger partial charge in [-0.3, -0.25) is 0 Å². The molecule has 0 aliphatic rings. The molecule has 1 rings (SSSR count). The third kappa shape index (κ3) is 2.69. The van der Waals surface area contributed by atoms with Crippen LogP contribution in [0.1, 0.15) is 23.7 Å². The van der Waals surface area contributed by atoms with Crippen LogP contribution in [0, 0.1) is 18.3 Å². The maximum atomic E-state index is 9.65. The SMILES string of the molecule is Cc1cc(C(O)C(O)CC#N)ccc1O. The normalized spacial score (nSPS) is 14.3. The van der Waals surface area contributed by atoms with E-state index >= 15 is 0 Å². The summed E-state index contributed by atoms with van der Waals surface area (Å²) in [6.45, 7) is 1.70. The molecule has 0 heterocycles. The van der Waals surface area contributed by atoms with Crippen LogP contribution in [0.2, 0.25) is 0 Å². The lowest BCUT2D eigenvalue weighted by Gasteiger charge is -2.16. The molecule has 0 saturated carbocycles. The average molecular weight is 207 g/mol. The smallest absolute Gasteiger partial charge is 0.118 e. The number of aliphatic hydroxyl groups excluding tert-OH is 2. The highest BCUT2D eigenvalue weighted by molar-refractivity contribution is 5.36. The number of nitriles is 1. The highest BCUT2D eigenvalue weighted by atomic mass is 16.3. The van der Waals surface area contributed by atoms with Gasteiger partial charge in [0.1, 0.15) is 11.9 Å². The summed E-state index contributed by atoms with van der Waals surface area (Å²) in [6.07, 6.45) is -2.32. The monoisotopic (exact) mass is 207 g/mol. The van der Waals surface area contributed by atoms with Crippen LogP contribution in [0.15, 0.2) is 18.2 Å². The van der Waals surface area contributed by atoms with Crippen molar-refractivity contribution in [3.8, 4) is 11.8 Å². The van der Waals surface area contributed by atoms with Crippen LogP contribution in [0.3, 0.4) is 0 Å². The first-order valence-corrected chi connectivity index (χ1v) is 4.59. The van der Waals surface area contributed by atoms with Crippen molar-refractivity contribution in [1.82, 2.24) is 0 Å². The number of aryl methyl sites for hydroxylation is 1. The van der Waals surface area contributed by atoms with Gasteiger partial charge in [0.15, 0.2) is 0 Å². The topological polar surface area (TPSA) is 84.5 Å². The van der Waals surface area contributed by atoms with Gasteiger partial charge in [0.25, 0.3) is 0 Å². The zero-order valence-electron chi connectivity index (χ0n) is 8.38. The molecule has 1 aromatic carbocycles. The molecule has 0 aliphatic carbocycles. The summed E-state index contributed by atoms with van der Waals surface area (Å²) in [5, 5.41) is 36.7. The molecular weight excluding hydrogens is 194 g/mol. The quantitative estimate of drug-likeness (QED) is 0.690. The number of benzene rings is 1. The molecule has 3 N–H and O–H groups in total. The van der Waals surface area contributed by atoms with Crippen LogP contribution >= 0.6 is 0 Å². The van der Waals surface area contributed by atoms with E-state index < -0.39 is 12.2 Å². The predicted octanol–water partition coefficient (Wildman–Crippen LogP) is 1.01. The second-order valence-electron chi connectivity index (χ2n) is 3.42. The first-order chi connectivity index (χ1) is 7.06. The maximum Gasteiger partial charge on any atom is 0.118 e. The van der Waals surface area contributed by atoms with E-state index in [0.717, 1.165) is 0 Å². The van der Waals surface area contributed by atoms with Gasteiger partial charge in [-0.2, -0.15) is 5.26 Å². The molecule has 2 unspecified atom stereocenters. The Morgan fingerprint density at radius 3 is 2.60 bits per heavy atom. The van der Waals surface area contributed by atoms with Gasteiger partial charge in [-0.1, -0.05) is 6.07 Å². The first-order valence-electron chi connectivity index (χ1n) is 4.59. The fourth-order valence-electron chi connectivity index (χ4n) is 1.29. The summed E-state index contributed by atoms with van der Waals surface area (Å²) in [7, 11) is 0. The van der Waals surface area contributed by atoms with Crippen molar-refractivity contribution in [2.24, 2.45) is 0 Å². The number of phenols is 1. The van der Waals surface area contributed by atoms with Gasteiger partial charge >= 0.3 is 0 Å². The van der Waals surface area contributed by atoms with E-state index in [-0.39, 0.29) is 12.2 Å². The molecule has 2 atom stereocenters. The number of rotatable bonds is 3. The molecule has 0 aliphatic heterocycles. The van der Waals surface area contributed by atoms with Crippen molar-refractivity contribution in [3.05, 3.63) is 29.3 Å². The zero-order chi connectivity index (χ0) is 11.4. The van der Waals surface area contributed by atoms with E-state index in [9.17, 15) is 15.3 Å². The van der Waals surface area contributed by atoms with Gasteiger partial charge in [-0.25, -0.2) is 0 Å². The molecule has 0 radical (unpaired) electrons. The Bertz CT molecular complexity index is 384. The Morgan fingerprint density at radius 2 is 2.07 bits per heavy atom. The molecule has 0 amide bonds. The van der Waals surface area contributed by atoms with Crippen molar-refractivity contribution < 1.29 is 15.3 Å². The second-order valence-corrected chi connectivity index (χ2v) is 3.42. The standard InChI is InChI=1S/C11H13NO3/c1-7-6-8(2-3-9(7)13)11(15)10(14)4-5-12/h2-3,6,10-11,13-15H,4H2,1H3. The Morgan fingerprint density at radius 1 is 1.40 bits per heavy atom. The fraction of sp³-hybridized carbons (Fsp3) is 0.364. The van der Waals surface area contributed by atoms with Crippen molar-refractivity contribution in [1.29, 1.82) is 5.26 Å². The molecular formula is C11H13NO3. The minimum absolute atomic E-state index is 0.124. The maximum absolute atomic E-state index is 9.65. The molecule has 4 heteroatoms. The third-order valence-electron chi connectivity index (χ3n) is 2.23. The van der Waals surface area contributed by atoms with Crippen molar-refractivity contribution in [2.75, 3.05) is 0 Å². The van der Waals surface area contributed by atoms with Gasteiger partial charge in [0.2, 0.25) is 0 Å². The summed E-state index contributed by atoms with van der Waals surface area (Å²) in [6, 6.07) is 6.34. The van der Waals surface area contributed by atoms with Crippen molar-refractivity contribution in [2.45, 2.75) is 25.6 Å². The average Bonchev–Trinajstić information content (AvgIpc) is 2.21. The Hall–Kier alpha value is -1.57. The minimum atomic E-state index is -1.10. The lowest BCUT2D eigenvalue weighted by molar-refractivity contribution is 0.0216. The van der Waals surface area contributed by atoms with E-state index in [0.29, 0.717) is 11.1 Å². The predicted molar refractivity (Wildman–Crippen MR) is 54.0 cm³/mol. The van der Waals surface area contributed by atoms with Crippen LogP contribution in [-0.2, 0) is 0 Å². The summed E-state index contributed by atoms with van der Waals surface area (Å²) in [4.78, 5) is 0. The minimum Gasteiger partial charge on any atom is -0.508 e. The van der Waals surface area contributed by atoms with Crippen LogP contribution in [0.25, 0.3) is 0 Å². The number of phenolic OH excluding ortho intramolecular Hbond substituents is 1. The lowest BCUT2D eigenvalue weighted by atomic mass is 10.0. The van der Waals surface area contributed by atoms with Gasteiger partial charge in [-0.15, -0.1) is 0 Å². The molecule has 0 aromatic heterocycles. The first kappa shape index (κ1) is 11.5. The number of hydrogen-bond acceptors (Lipinski definition) is 4. The van der Waals surface area contributed by atoms with Gasteiger partial charge in [-0.05, 0) is 30.2 Å². The van der Waals surface area contributed by atoms with Crippen LogP contribution in [0.5, 0.6) is 5.75 Å². The molecule has 1 aromatic rings. The van der Waals surface area contributed by atoms with E-state index in [1.807, 2.05) is 0 Å². The fourth-order valence-corrected chi connectivity index (χ4v) is 1.29. The summed E-state index contributed by atoms with van der Waals surface area (Å²) >= 11 is 0. The molecule has 4 nitrogen and oxygen atoms in total. The molecule has 0 spiro atoms. The summed E-state index contributed by atoms with van der Waals surface area (Å²) in [5.74, 6) is 0.140. The molecule has 80 valence electrons. The summed E-state index contributed by atoms with van der Waals surface area (Å²) in [5.41, 5.74) is 1.11. The van der Waals surface area contributed by atoms with E-state index in [1.54, 1.807) is 19.1 Å². The van der Waals surface area contributed by atoms with E-state index in [1.165, 1.54) is 12.1 Å². The third-order valence-corrected chi connectivity index (χ3v) is 2.23. The van der Waals surface area contributed by atoms with Crippen molar-refractivity contribution in [3.63, 3.8) is 0 Å². The van der Waals surface area contributed by atoms with Gasteiger partial charge in [0.05, 0.1) is 18.6 Å². The van der Waals surface area contributed by atoms with Crippen LogP contribution < -0.4 is 0 Å². The largest absolute Gasteiger partial charge is 0.508 e. The number of hydrogen-bond donors (Lipinski definition) is 3. The van der Waals surface area contributed by atoms with Crippen LogP contribution in [0.4, 0.5) is 0 Å². The highest BCUT2D eigenvalue weighted by Crippen LogP contribution is 2.24. The number of aromatic hydroxyl groups is 1. The van der Waals surface area contributed by atoms with Gasteiger partial charge in [0, 0.05) is 0 Å². The van der Waals surface area contributed by atoms with Crippen LogP contribution in [-0.4, -0.2) is 21.4 Å². The highest BCUT2D eigenvalue weighted by Gasteiger charge is 2.18. The Balaban J connectivity index is 2.87. The number of nitrogens with zero attached hydrogens (tertiary/aromatic N) is 1. The Kier molecular flexibility index (Phi) is 3.67. The molecule has 0 saturated heterocycles. The van der Waals surface area contributed by atoms with Crippen molar-refractivity contribution >= 4 is 0 Å².